The minimum atomic E-state index is -6.27. The second-order valence-electron chi connectivity index (χ2n) is 25.4. The van der Waals surface area contributed by atoms with Crippen molar-refractivity contribution in [2.24, 2.45) is 0 Å². The third-order valence-corrected chi connectivity index (χ3v) is 22.7. The second kappa shape index (κ2) is 42.2. The Morgan fingerprint density at radius 1 is 0.414 bits per heavy atom. The van der Waals surface area contributed by atoms with Crippen LogP contribution in [0.4, 0.5) is 9.59 Å². The van der Waals surface area contributed by atoms with Crippen molar-refractivity contribution in [1.29, 1.82) is 0 Å². The van der Waals surface area contributed by atoms with Crippen LogP contribution in [0.25, 0.3) is 0 Å². The molecule has 0 aromatic rings. The van der Waals surface area contributed by atoms with Crippen LogP contribution < -0.4 is 26.6 Å². The molecule has 7 heterocycles. The molecule has 7 aliphatic heterocycles. The Kier molecular flexibility index (Phi) is 36.0. The van der Waals surface area contributed by atoms with Gasteiger partial charge in [-0.1, -0.05) is 6.42 Å². The number of methoxy groups -OCH3 is 7. The summed E-state index contributed by atoms with van der Waals surface area (Å²) in [4.78, 5) is 65.4. The van der Waals surface area contributed by atoms with Gasteiger partial charge in [-0.15, -0.1) is 0 Å². The van der Waals surface area contributed by atoms with E-state index >= 15 is 0 Å². The third kappa shape index (κ3) is 28.7. The lowest BCUT2D eigenvalue weighted by Gasteiger charge is -2.51. The van der Waals surface area contributed by atoms with Gasteiger partial charge in [0.25, 0.3) is 0 Å². The van der Waals surface area contributed by atoms with E-state index in [-0.39, 0.29) is 49.2 Å². The number of carboxylic acid groups (broad SMARTS) is 2. The van der Waals surface area contributed by atoms with Crippen LogP contribution in [0.2, 0.25) is 0 Å². The lowest BCUT2D eigenvalue weighted by Crippen LogP contribution is -2.70. The summed E-state index contributed by atoms with van der Waals surface area (Å²) in [5, 5.41) is 35.8. The molecule has 28 atom stereocenters. The van der Waals surface area contributed by atoms with Crippen molar-refractivity contribution >= 4 is 114 Å². The van der Waals surface area contributed by atoms with Crippen molar-refractivity contribution in [3.8, 4) is 0 Å². The van der Waals surface area contributed by atoms with Gasteiger partial charge in [-0.25, -0.2) is 48.5 Å². The number of urea groups is 2. The highest BCUT2D eigenvalue weighted by Crippen LogP contribution is 2.42. The zero-order chi connectivity index (χ0) is 86.5. The van der Waals surface area contributed by atoms with E-state index in [0.29, 0.717) is 27.2 Å². The molecule has 7 aliphatic rings. The fourth-order valence-electron chi connectivity index (χ4n) is 13.4. The largest absolute Gasteiger partial charge is 0.479 e. The molecule has 0 aromatic carbocycles. The first-order valence-corrected chi connectivity index (χ1v) is 44.1. The van der Waals surface area contributed by atoms with Crippen molar-refractivity contribution in [3.63, 3.8) is 0 Å². The number of fused-ring (bicyclic) bond motifs is 1. The third-order valence-electron chi connectivity index (χ3n) is 18.0. The number of rotatable bonds is 45. The molecule has 0 aliphatic carbocycles. The Hall–Kier alpha value is -4.25. The minimum absolute atomic E-state index is 0.0161. The van der Waals surface area contributed by atoms with E-state index in [2.05, 4.69) is 47.5 Å². The Morgan fingerprint density at radius 3 is 1.19 bits per heavy atom. The molecule has 0 aromatic heterocycles. The molecule has 0 unspecified atom stereocenters. The topological polar surface area (TPSA) is 779 Å². The Morgan fingerprint density at radius 2 is 0.784 bits per heavy atom. The number of hydrogen-bond acceptors (Lipinski definition) is 43. The van der Waals surface area contributed by atoms with Crippen LogP contribution in [0.3, 0.4) is 0 Å². The molecule has 0 saturated carbocycles. The van der Waals surface area contributed by atoms with Crippen LogP contribution in [0.1, 0.15) is 38.5 Å². The number of nitrogens with one attached hydrogen (secondary N) is 5. The van der Waals surface area contributed by atoms with E-state index in [1.54, 1.807) is 11.8 Å². The summed E-state index contributed by atoms with van der Waals surface area (Å²) >= 11 is 1.75. The van der Waals surface area contributed by atoms with E-state index in [4.69, 9.17) is 84.2 Å². The fourth-order valence-corrected chi connectivity index (χ4v) is 17.8. The average Bonchev–Trinajstić information content (AvgIpc) is 0.982. The summed E-state index contributed by atoms with van der Waals surface area (Å²) in [5.74, 6) is -4.40. The first-order valence-electron chi connectivity index (χ1n) is 33.5. The van der Waals surface area contributed by atoms with E-state index in [9.17, 15) is 125 Å². The zero-order valence-corrected chi connectivity index (χ0v) is 67.6. The number of carbonyl (C=O) groups excluding carboxylic acids is 3. The van der Waals surface area contributed by atoms with Crippen molar-refractivity contribution in [2.45, 2.75) is 209 Å². The van der Waals surface area contributed by atoms with Gasteiger partial charge in [0.1, 0.15) is 97.6 Å². The minimum Gasteiger partial charge on any atom is -0.479 e. The Balaban J connectivity index is 1.18. The van der Waals surface area contributed by atoms with Crippen molar-refractivity contribution in [3.05, 3.63) is 0 Å². The summed E-state index contributed by atoms with van der Waals surface area (Å²) in [7, 11) is -35.1. The van der Waals surface area contributed by atoms with Gasteiger partial charge in [0.05, 0.1) is 31.9 Å². The standard InChI is InChI=1S/C52H87N5O51S8/c1-86-28-21(16-93-110(65,66)67)96-46(27(31(28)87-2)56-25(58)13-9-11-15-54-51(63)53-14-10-8-12-24-26-20(19-109-24)55-52(64)57-26)101-34-32(88-3)40(90-5)48(103-38(34)44(59)60)100-30-23(18-95-112(71,72)73)98-50(43(108-116(83,84)85)37(30)106-114(77,78)79)102-35-33(89-4)41(91-6)49(104-39(35)45(61)62)99-29-22(17-94-111(68,69)70)97-47(92-7)42(107-115(80,81)82)36(29)105-113(74,75)76/h20-24,26-43,46-50H,8-19H2,1-7H3,(H,56,58)(H,59,60)(H,61,62)(H2,53,54,63)(H2,55,57,64)(H,65,66,67)(H,68,69,70)(H,71,72,73)(H,74,75,76)(H,77,78,79)(H,80,81,82)(H,83,84,85)/t20-,21+,22+,23+,24-,26-,27+,28+,29+,30+,31+,32-,33-,34+,35+,36-,37-,38-,39+,40+,41+,42+,43+,46+,47-,48+,49+,50+/m0/s1. The fraction of sp³-hybridized carbons (Fsp3) is 0.904. The molecule has 7 rings (SSSR count). The van der Waals surface area contributed by atoms with Gasteiger partial charge >= 0.3 is 96.8 Å². The molecule has 0 radical (unpaired) electrons. The lowest BCUT2D eigenvalue weighted by atomic mass is 9.94. The molecule has 64 heteroatoms. The second-order valence-corrected chi connectivity index (χ2v) is 34.2. The SMILES string of the molecule is CO[C@H]1O[C@H](COS(=O)(=O)O)[C@@H](O[C@@H]2O[C@@H](C(=O)O)[C@H](O[C@H]3O[C@H](COS(=O)(=O)O)[C@@H](O[C@@H]4O[C@H](C(=O)O)[C@H](O[C@H]5O[C@H](COS(=O)(=O)O)[C@@H](OC)[C@H](OC)[C@H]5NC(=O)CCCCNC(=O)NCCCC[C@@H]5SC[C@@H]6NC(=O)N[C@@H]65)[C@H](OC)[C@H]4OC)[C@H](OS(=O)(=O)O)[C@H]3OS(=O)(=O)O)[C@H](OC)[C@H]2OC)[C@H](OS(=O)(=O)O)[C@H]1OS(=O)(=O)O. The summed E-state index contributed by atoms with van der Waals surface area (Å²) in [6, 6.07) is -2.34. The van der Waals surface area contributed by atoms with Crippen LogP contribution in [0, 0.1) is 0 Å². The number of amides is 5. The van der Waals surface area contributed by atoms with Crippen LogP contribution in [0.5, 0.6) is 0 Å². The molecule has 116 heavy (non-hydrogen) atoms. The molecule has 0 bridgehead atoms. The maximum Gasteiger partial charge on any atom is 0.397 e. The summed E-state index contributed by atoms with van der Waals surface area (Å²) < 4.78 is 366. The summed E-state index contributed by atoms with van der Waals surface area (Å²) in [5.41, 5.74) is 0. The number of carbonyl (C=O) groups is 5. The first kappa shape index (κ1) is 98.9. The molecule has 7 fully saturated rings. The molecule has 14 N–H and O–H groups in total. The van der Waals surface area contributed by atoms with Crippen LogP contribution in [0.15, 0.2) is 0 Å². The predicted octanol–water partition coefficient (Wildman–Crippen LogP) is -7.44. The number of aliphatic carboxylic acids is 2. The van der Waals surface area contributed by atoms with Gasteiger partial charge in [0.2, 0.25) is 5.91 Å². The number of thioether (sulfide) groups is 1. The smallest absolute Gasteiger partial charge is 0.397 e. The van der Waals surface area contributed by atoms with Crippen molar-refractivity contribution in [2.75, 3.05) is 88.4 Å². The van der Waals surface area contributed by atoms with Crippen molar-refractivity contribution in [1.82, 2.24) is 26.6 Å². The van der Waals surface area contributed by atoms with E-state index in [1.807, 2.05) is 0 Å². The van der Waals surface area contributed by atoms with E-state index in [0.717, 1.165) is 54.1 Å². The molecule has 7 saturated heterocycles. The maximum atomic E-state index is 13.9. The summed E-state index contributed by atoms with van der Waals surface area (Å²) in [6.45, 7) is -4.12. The number of unbranched alkanes of at least 4 members (excludes halogenated alkanes) is 2. The number of hydrogen-bond donors (Lipinski definition) is 14. The zero-order valence-electron chi connectivity index (χ0n) is 61.1. The van der Waals surface area contributed by atoms with Crippen LogP contribution in [-0.2, 0) is 192 Å². The van der Waals surface area contributed by atoms with Gasteiger partial charge in [-0.05, 0) is 25.7 Å². The van der Waals surface area contributed by atoms with Crippen LogP contribution in [-0.4, -0.2) is 390 Å². The van der Waals surface area contributed by atoms with Gasteiger partial charge in [0.15, 0.2) is 55.9 Å². The molecule has 0 spiro atoms. The highest BCUT2D eigenvalue weighted by atomic mass is 32.3. The monoisotopic (exact) mass is 1850 g/mol. The van der Waals surface area contributed by atoms with Crippen molar-refractivity contribution < 1.29 is 230 Å². The predicted molar refractivity (Wildman–Crippen MR) is 365 cm³/mol. The normalized spacial score (nSPS) is 35.6. The quantitative estimate of drug-likeness (QED) is 0.0153. The first-order chi connectivity index (χ1) is 53.9. The Labute approximate surface area is 665 Å². The molecular weight excluding hydrogens is 1770 g/mol. The van der Waals surface area contributed by atoms with Gasteiger partial charge in [0, 0.05) is 80.3 Å². The molecule has 56 nitrogen and oxygen atoms in total. The maximum absolute atomic E-state index is 13.9. The highest BCUT2D eigenvalue weighted by molar-refractivity contribution is 8.00. The van der Waals surface area contributed by atoms with E-state index < -0.39 is 270 Å². The van der Waals surface area contributed by atoms with Gasteiger partial charge in [-0.2, -0.15) is 70.7 Å². The van der Waals surface area contributed by atoms with E-state index in [1.165, 1.54) is 0 Å². The molecular formula is C52H87N5O51S8. The Bertz CT molecular complexity index is 4140. The average molecular weight is 1850 g/mol. The molecule has 674 valence electrons. The summed E-state index contributed by atoms with van der Waals surface area (Å²) in [6.07, 6.45) is -57.2. The molecule has 5 amide bonds. The van der Waals surface area contributed by atoms with Gasteiger partial charge in [-0.3, -0.25) is 36.7 Å². The lowest BCUT2D eigenvalue weighted by molar-refractivity contribution is -0.385. The van der Waals surface area contributed by atoms with Crippen LogP contribution >= 0.6 is 11.8 Å². The highest BCUT2D eigenvalue weighted by Gasteiger charge is 2.63. The number of ether oxygens (including phenoxy) is 16. The number of carboxylic acids is 2. The van der Waals surface area contributed by atoms with Gasteiger partial charge < -0.3 is 113 Å².